The molecule has 2 aromatic rings. The molecule has 8 nitrogen and oxygen atoms in total. The molecular formula is C20H29ClN6O2. The monoisotopic (exact) mass is 420 g/mol. The highest BCUT2D eigenvalue weighted by Crippen LogP contribution is 2.21. The van der Waals surface area contributed by atoms with Gasteiger partial charge in [0.1, 0.15) is 23.3 Å². The van der Waals surface area contributed by atoms with Crippen LogP contribution in [0, 0.1) is 0 Å². The number of piperazine rings is 1. The number of nitrogens with two attached hydrogens (primary N) is 1. The van der Waals surface area contributed by atoms with Crippen molar-refractivity contribution in [1.29, 1.82) is 0 Å². The molecule has 9 heteroatoms. The predicted octanol–water partition coefficient (Wildman–Crippen LogP) is 2.00. The molecule has 0 unspecified atom stereocenters. The Morgan fingerprint density at radius 3 is 2.48 bits per heavy atom. The van der Waals surface area contributed by atoms with Gasteiger partial charge in [0.25, 0.3) is 0 Å². The van der Waals surface area contributed by atoms with E-state index in [0.29, 0.717) is 18.4 Å². The van der Waals surface area contributed by atoms with E-state index in [1.54, 1.807) is 13.2 Å². The van der Waals surface area contributed by atoms with Crippen molar-refractivity contribution in [2.75, 3.05) is 82.2 Å². The molecule has 2 heterocycles. The molecular weight excluding hydrogens is 392 g/mol. The smallest absolute Gasteiger partial charge is 0.223 e. The van der Waals surface area contributed by atoms with Crippen LogP contribution < -0.4 is 20.3 Å². The Morgan fingerprint density at radius 2 is 1.83 bits per heavy atom. The number of nitrogen functional groups attached to an aromatic ring is 1. The van der Waals surface area contributed by atoms with Gasteiger partial charge in [0.2, 0.25) is 5.95 Å². The summed E-state index contributed by atoms with van der Waals surface area (Å²) in [5, 5.41) is 0.364. The molecule has 0 saturated carbocycles. The molecule has 1 aliphatic rings. The van der Waals surface area contributed by atoms with Gasteiger partial charge in [-0.05, 0) is 24.3 Å². The van der Waals surface area contributed by atoms with Crippen LogP contribution >= 0.6 is 11.6 Å². The molecule has 1 saturated heterocycles. The molecule has 1 aromatic heterocycles. The van der Waals surface area contributed by atoms with Crippen LogP contribution in [0.4, 0.5) is 17.5 Å². The van der Waals surface area contributed by atoms with E-state index in [-0.39, 0.29) is 5.95 Å². The highest BCUT2D eigenvalue weighted by Gasteiger charge is 2.18. The van der Waals surface area contributed by atoms with Gasteiger partial charge in [-0.25, -0.2) is 4.98 Å². The van der Waals surface area contributed by atoms with Crippen LogP contribution in [0.5, 0.6) is 5.75 Å². The van der Waals surface area contributed by atoms with E-state index >= 15 is 0 Å². The molecule has 1 aromatic carbocycles. The molecule has 0 bridgehead atoms. The molecule has 0 spiro atoms. The van der Waals surface area contributed by atoms with Crippen LogP contribution in [0.15, 0.2) is 30.3 Å². The summed E-state index contributed by atoms with van der Waals surface area (Å²) in [4.78, 5) is 15.1. The topological polar surface area (TPSA) is 80.0 Å². The number of ether oxygens (including phenoxy) is 2. The Labute approximate surface area is 177 Å². The maximum absolute atomic E-state index is 5.97. The van der Waals surface area contributed by atoms with E-state index in [1.807, 2.05) is 19.2 Å². The number of hydrogen-bond donors (Lipinski definition) is 1. The largest absolute Gasteiger partial charge is 0.491 e. The number of methoxy groups -OCH3 is 1. The van der Waals surface area contributed by atoms with Gasteiger partial charge >= 0.3 is 0 Å². The lowest BCUT2D eigenvalue weighted by molar-refractivity contribution is 0.146. The van der Waals surface area contributed by atoms with Gasteiger partial charge in [-0.15, -0.1) is 0 Å². The maximum atomic E-state index is 5.97. The van der Waals surface area contributed by atoms with Crippen LogP contribution in [0.1, 0.15) is 0 Å². The second-order valence-corrected chi connectivity index (χ2v) is 7.38. The highest BCUT2D eigenvalue weighted by molar-refractivity contribution is 6.29. The lowest BCUT2D eigenvalue weighted by atomic mass is 10.2. The first-order valence-corrected chi connectivity index (χ1v) is 10.1. The standard InChI is InChI=1S/C20H29ClN6O2/c1-25(19-15-18(21)23-20(22)24-19)7-8-26-9-11-27(12-10-26)16-3-5-17(6-4-16)29-14-13-28-2/h3-6,15H,7-14H2,1-2H3,(H2,22,23,24). The number of benzene rings is 1. The summed E-state index contributed by atoms with van der Waals surface area (Å²) in [5.74, 6) is 1.81. The minimum absolute atomic E-state index is 0.197. The third-order valence-corrected chi connectivity index (χ3v) is 5.17. The Balaban J connectivity index is 1.43. The van der Waals surface area contributed by atoms with E-state index < -0.39 is 0 Å². The quantitative estimate of drug-likeness (QED) is 0.487. The van der Waals surface area contributed by atoms with Crippen molar-refractivity contribution in [3.8, 4) is 5.75 Å². The SMILES string of the molecule is COCCOc1ccc(N2CCN(CCN(C)c3cc(Cl)nc(N)n3)CC2)cc1. The van der Waals surface area contributed by atoms with Gasteiger partial charge < -0.3 is 25.0 Å². The van der Waals surface area contributed by atoms with Crippen LogP contribution in [-0.2, 0) is 4.74 Å². The molecule has 1 aliphatic heterocycles. The first-order valence-electron chi connectivity index (χ1n) is 9.75. The molecule has 1 fully saturated rings. The average Bonchev–Trinajstić information content (AvgIpc) is 2.72. The van der Waals surface area contributed by atoms with Crippen LogP contribution in [-0.4, -0.2) is 81.5 Å². The van der Waals surface area contributed by atoms with Crippen molar-refractivity contribution in [3.63, 3.8) is 0 Å². The Bertz CT molecular complexity index is 748. The third kappa shape index (κ3) is 6.35. The van der Waals surface area contributed by atoms with Gasteiger partial charge in [0.05, 0.1) is 6.61 Å². The lowest BCUT2D eigenvalue weighted by Gasteiger charge is -2.36. The molecule has 0 amide bonds. The Hall–Kier alpha value is -2.29. The fraction of sp³-hybridized carbons (Fsp3) is 0.500. The zero-order chi connectivity index (χ0) is 20.6. The van der Waals surface area contributed by atoms with Gasteiger partial charge in [-0.1, -0.05) is 11.6 Å². The molecule has 2 N–H and O–H groups in total. The highest BCUT2D eigenvalue weighted by atomic mass is 35.5. The fourth-order valence-electron chi connectivity index (χ4n) is 3.25. The van der Waals surface area contributed by atoms with Crippen molar-refractivity contribution in [1.82, 2.24) is 14.9 Å². The Kier molecular flexibility index (Phi) is 7.74. The summed E-state index contributed by atoms with van der Waals surface area (Å²) in [5.41, 5.74) is 6.91. The van der Waals surface area contributed by atoms with E-state index in [1.165, 1.54) is 5.69 Å². The van der Waals surface area contributed by atoms with Crippen molar-refractivity contribution in [2.45, 2.75) is 0 Å². The molecule has 3 rings (SSSR count). The average molecular weight is 421 g/mol. The lowest BCUT2D eigenvalue weighted by Crippen LogP contribution is -2.48. The number of rotatable bonds is 9. The van der Waals surface area contributed by atoms with Crippen LogP contribution in [0.3, 0.4) is 0 Å². The summed E-state index contributed by atoms with van der Waals surface area (Å²) in [6, 6.07) is 10.0. The first kappa shape index (κ1) is 21.4. The summed E-state index contributed by atoms with van der Waals surface area (Å²) in [6.45, 7) is 7.00. The van der Waals surface area contributed by atoms with Crippen molar-refractivity contribution < 1.29 is 9.47 Å². The van der Waals surface area contributed by atoms with Gasteiger partial charge in [-0.3, -0.25) is 4.90 Å². The van der Waals surface area contributed by atoms with Crippen molar-refractivity contribution in [3.05, 3.63) is 35.5 Å². The number of halogens is 1. The molecule has 158 valence electrons. The third-order valence-electron chi connectivity index (χ3n) is 4.97. The van der Waals surface area contributed by atoms with E-state index in [4.69, 9.17) is 26.8 Å². The van der Waals surface area contributed by atoms with Gasteiger partial charge in [0, 0.05) is 65.2 Å². The van der Waals surface area contributed by atoms with Crippen LogP contribution in [0.25, 0.3) is 0 Å². The zero-order valence-corrected chi connectivity index (χ0v) is 17.8. The van der Waals surface area contributed by atoms with E-state index in [9.17, 15) is 0 Å². The predicted molar refractivity (Wildman–Crippen MR) is 117 cm³/mol. The number of likely N-dealkylation sites (N-methyl/N-ethyl adjacent to an activating group) is 1. The summed E-state index contributed by atoms with van der Waals surface area (Å²) >= 11 is 5.97. The molecule has 29 heavy (non-hydrogen) atoms. The molecule has 0 atom stereocenters. The van der Waals surface area contributed by atoms with Gasteiger partial charge in [0.15, 0.2) is 0 Å². The molecule has 0 radical (unpaired) electrons. The zero-order valence-electron chi connectivity index (χ0n) is 17.1. The summed E-state index contributed by atoms with van der Waals surface area (Å²) in [7, 11) is 3.66. The number of hydrogen-bond acceptors (Lipinski definition) is 8. The van der Waals surface area contributed by atoms with Crippen molar-refractivity contribution >= 4 is 29.1 Å². The van der Waals surface area contributed by atoms with E-state index in [2.05, 4.69) is 36.8 Å². The minimum atomic E-state index is 0.197. The fourth-order valence-corrected chi connectivity index (χ4v) is 3.43. The second-order valence-electron chi connectivity index (χ2n) is 6.99. The summed E-state index contributed by atoms with van der Waals surface area (Å²) in [6.07, 6.45) is 0. The maximum Gasteiger partial charge on any atom is 0.223 e. The van der Waals surface area contributed by atoms with Crippen LogP contribution in [0.2, 0.25) is 5.15 Å². The summed E-state index contributed by atoms with van der Waals surface area (Å²) < 4.78 is 10.6. The van der Waals surface area contributed by atoms with Gasteiger partial charge in [-0.2, -0.15) is 4.98 Å². The molecule has 0 aliphatic carbocycles. The number of aromatic nitrogens is 2. The number of anilines is 3. The van der Waals surface area contributed by atoms with E-state index in [0.717, 1.165) is 50.8 Å². The Morgan fingerprint density at radius 1 is 1.10 bits per heavy atom. The second kappa shape index (κ2) is 10.5. The normalized spacial score (nSPS) is 14.8. The van der Waals surface area contributed by atoms with Crippen molar-refractivity contribution in [2.24, 2.45) is 0 Å². The number of nitrogens with zero attached hydrogens (tertiary/aromatic N) is 5. The first-order chi connectivity index (χ1) is 14.0. The minimum Gasteiger partial charge on any atom is -0.491 e.